The molecule has 0 fully saturated rings. The Balaban J connectivity index is 1.41. The molecular weight excluding hydrogens is 407 g/mol. The molecule has 0 saturated carbocycles. The van der Waals surface area contributed by atoms with Crippen molar-refractivity contribution in [2.45, 2.75) is 6.18 Å². The van der Waals surface area contributed by atoms with Crippen LogP contribution in [0.4, 0.5) is 30.2 Å². The van der Waals surface area contributed by atoms with Crippen molar-refractivity contribution in [3.8, 4) is 11.5 Å². The summed E-state index contributed by atoms with van der Waals surface area (Å²) in [5.74, 6) is -0.438. The van der Waals surface area contributed by atoms with E-state index in [1.807, 2.05) is 42.5 Å². The molecule has 0 bridgehead atoms. The lowest BCUT2D eigenvalue weighted by Gasteiger charge is -2.08. The Bertz CT molecular complexity index is 1170. The van der Waals surface area contributed by atoms with Crippen molar-refractivity contribution < 1.29 is 22.4 Å². The van der Waals surface area contributed by atoms with Crippen molar-refractivity contribution in [3.63, 3.8) is 0 Å². The van der Waals surface area contributed by atoms with Crippen molar-refractivity contribution in [2.24, 2.45) is 0 Å². The highest BCUT2D eigenvalue weighted by atomic mass is 19.4. The van der Waals surface area contributed by atoms with Gasteiger partial charge < -0.3 is 15.1 Å². The first-order chi connectivity index (χ1) is 14.9. The zero-order valence-electron chi connectivity index (χ0n) is 16.0. The van der Waals surface area contributed by atoms with Gasteiger partial charge in [-0.1, -0.05) is 18.2 Å². The van der Waals surface area contributed by atoms with Gasteiger partial charge in [-0.25, -0.2) is 4.98 Å². The number of aromatic nitrogens is 1. The number of halogens is 3. The molecule has 1 aromatic heterocycles. The summed E-state index contributed by atoms with van der Waals surface area (Å²) < 4.78 is 43.3. The third-order valence-electron chi connectivity index (χ3n) is 4.40. The molecule has 0 radical (unpaired) electrons. The van der Waals surface area contributed by atoms with Crippen molar-refractivity contribution in [1.82, 2.24) is 4.98 Å². The van der Waals surface area contributed by atoms with Gasteiger partial charge in [-0.3, -0.25) is 4.79 Å². The Labute approximate surface area is 175 Å². The second kappa shape index (κ2) is 8.35. The average molecular weight is 423 g/mol. The first-order valence-corrected chi connectivity index (χ1v) is 9.25. The van der Waals surface area contributed by atoms with E-state index in [2.05, 4.69) is 15.6 Å². The number of rotatable bonds is 5. The first kappa shape index (κ1) is 20.2. The topological polar surface area (TPSA) is 67.2 Å². The molecule has 0 aliphatic rings. The second-order valence-electron chi connectivity index (χ2n) is 6.64. The van der Waals surface area contributed by atoms with Crippen LogP contribution in [0.2, 0.25) is 0 Å². The van der Waals surface area contributed by atoms with E-state index in [-0.39, 0.29) is 11.6 Å². The summed E-state index contributed by atoms with van der Waals surface area (Å²) in [6.07, 6.45) is -3.26. The molecule has 0 atom stereocenters. The van der Waals surface area contributed by atoms with E-state index < -0.39 is 17.6 Å². The number of nitrogens with one attached hydrogen (secondary N) is 2. The van der Waals surface area contributed by atoms with Crippen LogP contribution in [0.3, 0.4) is 0 Å². The van der Waals surface area contributed by atoms with Crippen molar-refractivity contribution in [1.29, 1.82) is 0 Å². The van der Waals surface area contributed by atoms with E-state index in [9.17, 15) is 18.0 Å². The maximum Gasteiger partial charge on any atom is 0.416 e. The van der Waals surface area contributed by atoms with Crippen LogP contribution in [0.25, 0.3) is 11.5 Å². The van der Waals surface area contributed by atoms with Crippen LogP contribution in [0.15, 0.2) is 89.5 Å². The SMILES string of the molecule is O=C(Nc1ccc(Nc2ccccc2)cc1)c1coc(-c2ccc(C(F)(F)F)cc2)n1. The highest BCUT2D eigenvalue weighted by Crippen LogP contribution is 2.31. The fraction of sp³-hybridized carbons (Fsp3) is 0.0435. The van der Waals surface area contributed by atoms with Crippen LogP contribution in [0, 0.1) is 0 Å². The van der Waals surface area contributed by atoms with Gasteiger partial charge >= 0.3 is 6.18 Å². The van der Waals surface area contributed by atoms with E-state index in [1.165, 1.54) is 12.1 Å². The third kappa shape index (κ3) is 4.92. The van der Waals surface area contributed by atoms with Crippen LogP contribution in [-0.2, 0) is 6.18 Å². The number of anilines is 3. The molecule has 4 rings (SSSR count). The lowest BCUT2D eigenvalue weighted by molar-refractivity contribution is -0.137. The van der Waals surface area contributed by atoms with E-state index >= 15 is 0 Å². The van der Waals surface area contributed by atoms with Gasteiger partial charge in [-0.05, 0) is 60.7 Å². The minimum Gasteiger partial charge on any atom is -0.444 e. The van der Waals surface area contributed by atoms with Crippen LogP contribution >= 0.6 is 0 Å². The van der Waals surface area contributed by atoms with Crippen molar-refractivity contribution in [2.75, 3.05) is 10.6 Å². The first-order valence-electron chi connectivity index (χ1n) is 9.25. The molecule has 0 saturated heterocycles. The van der Waals surface area contributed by atoms with Gasteiger partial charge in [0.15, 0.2) is 5.69 Å². The molecule has 0 aliphatic heterocycles. The number of oxazole rings is 1. The summed E-state index contributed by atoms with van der Waals surface area (Å²) in [5.41, 5.74) is 1.94. The maximum atomic E-state index is 12.7. The molecule has 1 heterocycles. The van der Waals surface area contributed by atoms with Gasteiger partial charge in [0.05, 0.1) is 5.56 Å². The standard InChI is InChI=1S/C23H16F3N3O2/c24-23(25,26)16-8-6-15(7-9-16)22-29-20(14-31-22)21(30)28-19-12-10-18(11-13-19)27-17-4-2-1-3-5-17/h1-14,27H,(H,28,30). The Hall–Kier alpha value is -4.07. The normalized spacial score (nSPS) is 11.2. The Morgan fingerprint density at radius 2 is 1.42 bits per heavy atom. The summed E-state index contributed by atoms with van der Waals surface area (Å²) in [4.78, 5) is 16.5. The number of hydrogen-bond donors (Lipinski definition) is 2. The van der Waals surface area contributed by atoms with Gasteiger partial charge in [-0.15, -0.1) is 0 Å². The van der Waals surface area contributed by atoms with Crippen LogP contribution < -0.4 is 10.6 Å². The van der Waals surface area contributed by atoms with Crippen LogP contribution in [-0.4, -0.2) is 10.9 Å². The Kier molecular flexibility index (Phi) is 5.44. The number of benzene rings is 3. The van der Waals surface area contributed by atoms with E-state index in [1.54, 1.807) is 12.1 Å². The predicted octanol–water partition coefficient (Wildman–Crippen LogP) is 6.36. The average Bonchev–Trinajstić information content (AvgIpc) is 3.26. The molecule has 0 spiro atoms. The number of amides is 1. The van der Waals surface area contributed by atoms with Crippen LogP contribution in [0.1, 0.15) is 16.1 Å². The minimum atomic E-state index is -4.42. The molecular formula is C23H16F3N3O2. The molecule has 0 unspecified atom stereocenters. The van der Waals surface area contributed by atoms with Crippen molar-refractivity contribution in [3.05, 3.63) is 96.4 Å². The minimum absolute atomic E-state index is 0.0152. The number of carbonyl (C=O) groups is 1. The fourth-order valence-electron chi connectivity index (χ4n) is 2.83. The number of carbonyl (C=O) groups excluding carboxylic acids is 1. The molecule has 8 heteroatoms. The number of nitrogens with zero attached hydrogens (tertiary/aromatic N) is 1. The molecule has 2 N–H and O–H groups in total. The summed E-state index contributed by atoms with van der Waals surface area (Å²) in [6, 6.07) is 21.1. The van der Waals surface area contributed by atoms with E-state index in [0.29, 0.717) is 11.3 Å². The fourth-order valence-corrected chi connectivity index (χ4v) is 2.83. The molecule has 5 nitrogen and oxygen atoms in total. The number of para-hydroxylation sites is 1. The molecule has 156 valence electrons. The van der Waals surface area contributed by atoms with Gasteiger partial charge in [0.1, 0.15) is 6.26 Å². The van der Waals surface area contributed by atoms with E-state index in [4.69, 9.17) is 4.42 Å². The highest BCUT2D eigenvalue weighted by Gasteiger charge is 2.30. The Morgan fingerprint density at radius 1 is 0.806 bits per heavy atom. The second-order valence-corrected chi connectivity index (χ2v) is 6.64. The van der Waals surface area contributed by atoms with Crippen molar-refractivity contribution >= 4 is 23.0 Å². The van der Waals surface area contributed by atoms with E-state index in [0.717, 1.165) is 29.8 Å². The van der Waals surface area contributed by atoms with Gasteiger partial charge in [0.25, 0.3) is 5.91 Å². The molecule has 4 aromatic rings. The largest absolute Gasteiger partial charge is 0.444 e. The van der Waals surface area contributed by atoms with Crippen LogP contribution in [0.5, 0.6) is 0 Å². The monoisotopic (exact) mass is 423 g/mol. The maximum absolute atomic E-state index is 12.7. The van der Waals surface area contributed by atoms with Gasteiger partial charge in [0.2, 0.25) is 5.89 Å². The lowest BCUT2D eigenvalue weighted by Crippen LogP contribution is -2.12. The summed E-state index contributed by atoms with van der Waals surface area (Å²) in [7, 11) is 0. The third-order valence-corrected chi connectivity index (χ3v) is 4.40. The Morgan fingerprint density at radius 3 is 2.06 bits per heavy atom. The molecule has 1 amide bonds. The van der Waals surface area contributed by atoms with Gasteiger partial charge in [-0.2, -0.15) is 13.2 Å². The highest BCUT2D eigenvalue weighted by molar-refractivity contribution is 6.03. The number of alkyl halides is 3. The van der Waals surface area contributed by atoms with Gasteiger partial charge in [0, 0.05) is 22.6 Å². The zero-order chi connectivity index (χ0) is 21.8. The quantitative estimate of drug-likeness (QED) is 0.392. The summed E-state index contributed by atoms with van der Waals surface area (Å²) in [5, 5.41) is 5.95. The summed E-state index contributed by atoms with van der Waals surface area (Å²) >= 11 is 0. The molecule has 0 aliphatic carbocycles. The smallest absolute Gasteiger partial charge is 0.416 e. The molecule has 31 heavy (non-hydrogen) atoms. The predicted molar refractivity (Wildman–Crippen MR) is 111 cm³/mol. The zero-order valence-corrected chi connectivity index (χ0v) is 16.0. The lowest BCUT2D eigenvalue weighted by atomic mass is 10.1. The molecule has 3 aromatic carbocycles. The number of hydrogen-bond acceptors (Lipinski definition) is 4. The summed E-state index contributed by atoms with van der Waals surface area (Å²) in [6.45, 7) is 0.